The van der Waals surface area contributed by atoms with Crippen LogP contribution in [0.25, 0.3) is 11.0 Å². The number of hydrogen-bond acceptors (Lipinski definition) is 6. The standard InChI is InChI=1S/C23H23F3N6O/c1-30-12-13-32(21-20(30)28-17-4-2-3-5-18(17)29-21)22(33)15-8-10-31(11-9-15)19-7-6-16(14-27-19)23(24,25)26/h2-7,14-15H,8-13H2,1H3. The number of aromatic nitrogens is 3. The first-order valence-electron chi connectivity index (χ1n) is 10.9. The first-order valence-corrected chi connectivity index (χ1v) is 10.9. The molecule has 1 aromatic carbocycles. The molecule has 10 heteroatoms. The summed E-state index contributed by atoms with van der Waals surface area (Å²) in [5.74, 6) is 1.62. The van der Waals surface area contributed by atoms with Crippen LogP contribution in [-0.2, 0) is 11.0 Å². The van der Waals surface area contributed by atoms with Crippen LogP contribution in [0.15, 0.2) is 42.6 Å². The van der Waals surface area contributed by atoms with Gasteiger partial charge in [-0.2, -0.15) is 13.2 Å². The number of alkyl halides is 3. The first-order chi connectivity index (χ1) is 15.8. The fraction of sp³-hybridized carbons (Fsp3) is 0.391. The second-order valence-corrected chi connectivity index (χ2v) is 8.44. The van der Waals surface area contributed by atoms with Gasteiger partial charge in [-0.25, -0.2) is 15.0 Å². The Morgan fingerprint density at radius 1 is 0.939 bits per heavy atom. The van der Waals surface area contributed by atoms with E-state index in [2.05, 4.69) is 4.98 Å². The van der Waals surface area contributed by atoms with Gasteiger partial charge in [-0.1, -0.05) is 12.1 Å². The van der Waals surface area contributed by atoms with Gasteiger partial charge >= 0.3 is 6.18 Å². The van der Waals surface area contributed by atoms with Crippen molar-refractivity contribution in [2.45, 2.75) is 19.0 Å². The number of pyridine rings is 1. The summed E-state index contributed by atoms with van der Waals surface area (Å²) < 4.78 is 38.4. The smallest absolute Gasteiger partial charge is 0.357 e. The normalized spacial score (nSPS) is 17.4. The number of likely N-dealkylation sites (N-methyl/N-ethyl adjacent to an activating group) is 1. The molecule has 3 aromatic rings. The lowest BCUT2D eigenvalue weighted by Crippen LogP contribution is -2.48. The van der Waals surface area contributed by atoms with E-state index >= 15 is 0 Å². The highest BCUT2D eigenvalue weighted by atomic mass is 19.4. The molecule has 0 N–H and O–H groups in total. The highest BCUT2D eigenvalue weighted by molar-refractivity contribution is 5.98. The number of hydrogen-bond donors (Lipinski definition) is 0. The van der Waals surface area contributed by atoms with E-state index in [0.29, 0.717) is 56.5 Å². The quantitative estimate of drug-likeness (QED) is 0.585. The number of halogens is 3. The second kappa shape index (κ2) is 8.17. The van der Waals surface area contributed by atoms with Crippen LogP contribution in [0.1, 0.15) is 18.4 Å². The minimum Gasteiger partial charge on any atom is -0.357 e. The third kappa shape index (κ3) is 4.05. The highest BCUT2D eigenvalue weighted by Gasteiger charge is 2.35. The molecule has 4 heterocycles. The zero-order valence-corrected chi connectivity index (χ0v) is 18.1. The van der Waals surface area contributed by atoms with Gasteiger partial charge in [-0.15, -0.1) is 0 Å². The summed E-state index contributed by atoms with van der Waals surface area (Å²) in [7, 11) is 1.94. The molecule has 33 heavy (non-hydrogen) atoms. The summed E-state index contributed by atoms with van der Waals surface area (Å²) in [6, 6.07) is 10.0. The predicted octanol–water partition coefficient (Wildman–Crippen LogP) is 3.74. The van der Waals surface area contributed by atoms with Gasteiger partial charge in [0.1, 0.15) is 5.82 Å². The Kier molecular flexibility index (Phi) is 5.30. The molecule has 0 atom stereocenters. The highest BCUT2D eigenvalue weighted by Crippen LogP contribution is 2.34. The van der Waals surface area contributed by atoms with Crippen LogP contribution in [0.5, 0.6) is 0 Å². The third-order valence-electron chi connectivity index (χ3n) is 6.32. The molecule has 1 amide bonds. The lowest BCUT2D eigenvalue weighted by molar-refractivity contribution is -0.137. The van der Waals surface area contributed by atoms with E-state index in [4.69, 9.17) is 9.97 Å². The Labute approximate surface area is 188 Å². The van der Waals surface area contributed by atoms with Crippen molar-refractivity contribution >= 4 is 34.4 Å². The maximum Gasteiger partial charge on any atom is 0.417 e. The van der Waals surface area contributed by atoms with Crippen molar-refractivity contribution in [2.24, 2.45) is 5.92 Å². The lowest BCUT2D eigenvalue weighted by Gasteiger charge is -2.38. The van der Waals surface area contributed by atoms with Crippen molar-refractivity contribution in [1.29, 1.82) is 0 Å². The number of piperidine rings is 1. The van der Waals surface area contributed by atoms with E-state index in [1.807, 2.05) is 41.1 Å². The van der Waals surface area contributed by atoms with E-state index in [-0.39, 0.29) is 11.8 Å². The summed E-state index contributed by atoms with van der Waals surface area (Å²) in [6.07, 6.45) is -2.34. The molecular weight excluding hydrogens is 433 g/mol. The van der Waals surface area contributed by atoms with Gasteiger partial charge in [0.15, 0.2) is 11.6 Å². The number of amides is 1. The van der Waals surface area contributed by atoms with Crippen LogP contribution < -0.4 is 14.7 Å². The molecular formula is C23H23F3N6O. The largest absolute Gasteiger partial charge is 0.417 e. The van der Waals surface area contributed by atoms with Crippen molar-refractivity contribution < 1.29 is 18.0 Å². The number of carbonyl (C=O) groups excluding carboxylic acids is 1. The van der Waals surface area contributed by atoms with Gasteiger partial charge < -0.3 is 9.80 Å². The molecule has 172 valence electrons. The molecule has 2 aliphatic heterocycles. The van der Waals surface area contributed by atoms with E-state index in [1.165, 1.54) is 6.07 Å². The number of rotatable bonds is 2. The summed E-state index contributed by atoms with van der Waals surface area (Å²) >= 11 is 0. The monoisotopic (exact) mass is 456 g/mol. The van der Waals surface area contributed by atoms with Crippen LogP contribution >= 0.6 is 0 Å². The molecule has 2 aliphatic rings. The molecule has 2 aromatic heterocycles. The molecule has 0 saturated carbocycles. The fourth-order valence-corrected chi connectivity index (χ4v) is 4.41. The SMILES string of the molecule is CN1CCN(C(=O)C2CCN(c3ccc(C(F)(F)F)cn3)CC2)c2nc3ccccc3nc21. The van der Waals surface area contributed by atoms with Gasteiger partial charge in [0.2, 0.25) is 5.91 Å². The zero-order valence-electron chi connectivity index (χ0n) is 18.1. The Bertz CT molecular complexity index is 1180. The summed E-state index contributed by atoms with van der Waals surface area (Å²) in [4.78, 5) is 32.6. The fourth-order valence-electron chi connectivity index (χ4n) is 4.41. The topological polar surface area (TPSA) is 65.5 Å². The van der Waals surface area contributed by atoms with E-state index in [9.17, 15) is 18.0 Å². The summed E-state index contributed by atoms with van der Waals surface area (Å²) in [5.41, 5.74) is 0.765. The van der Waals surface area contributed by atoms with Crippen molar-refractivity contribution in [1.82, 2.24) is 15.0 Å². The lowest BCUT2D eigenvalue weighted by atomic mass is 9.95. The third-order valence-corrected chi connectivity index (χ3v) is 6.32. The minimum atomic E-state index is -4.40. The van der Waals surface area contributed by atoms with Gasteiger partial charge in [-0.05, 0) is 37.1 Å². The molecule has 0 spiro atoms. The van der Waals surface area contributed by atoms with E-state index in [1.54, 1.807) is 4.90 Å². The minimum absolute atomic E-state index is 0.0222. The molecule has 5 rings (SSSR count). The zero-order chi connectivity index (χ0) is 23.2. The average molecular weight is 456 g/mol. The predicted molar refractivity (Wildman–Crippen MR) is 119 cm³/mol. The number of fused-ring (bicyclic) bond motifs is 2. The number of carbonyl (C=O) groups is 1. The molecule has 0 aliphatic carbocycles. The summed E-state index contributed by atoms with van der Waals surface area (Å²) in [6.45, 7) is 2.31. The molecule has 1 saturated heterocycles. The molecule has 1 fully saturated rings. The van der Waals surface area contributed by atoms with Crippen LogP contribution in [0, 0.1) is 5.92 Å². The number of nitrogens with zero attached hydrogens (tertiary/aromatic N) is 6. The molecule has 0 radical (unpaired) electrons. The molecule has 0 bridgehead atoms. The van der Waals surface area contributed by atoms with Gasteiger partial charge in [-0.3, -0.25) is 9.69 Å². The van der Waals surface area contributed by atoms with Crippen molar-refractivity contribution in [2.75, 3.05) is 47.9 Å². The Morgan fingerprint density at radius 3 is 2.21 bits per heavy atom. The Hall–Kier alpha value is -3.43. The van der Waals surface area contributed by atoms with Gasteiger partial charge in [0, 0.05) is 45.3 Å². The van der Waals surface area contributed by atoms with Crippen molar-refractivity contribution in [3.63, 3.8) is 0 Å². The van der Waals surface area contributed by atoms with Crippen molar-refractivity contribution in [3.8, 4) is 0 Å². The maximum atomic E-state index is 13.4. The van der Waals surface area contributed by atoms with Crippen molar-refractivity contribution in [3.05, 3.63) is 48.2 Å². The second-order valence-electron chi connectivity index (χ2n) is 8.44. The molecule has 7 nitrogen and oxygen atoms in total. The van der Waals surface area contributed by atoms with Crippen LogP contribution in [0.2, 0.25) is 0 Å². The number of anilines is 3. The summed E-state index contributed by atoms with van der Waals surface area (Å²) in [5, 5.41) is 0. The number of benzene rings is 1. The molecule has 0 unspecified atom stereocenters. The van der Waals surface area contributed by atoms with Gasteiger partial charge in [0.25, 0.3) is 0 Å². The van der Waals surface area contributed by atoms with Crippen LogP contribution in [0.3, 0.4) is 0 Å². The van der Waals surface area contributed by atoms with Crippen LogP contribution in [0.4, 0.5) is 30.6 Å². The first kappa shape index (κ1) is 21.4. The van der Waals surface area contributed by atoms with E-state index < -0.39 is 11.7 Å². The van der Waals surface area contributed by atoms with Gasteiger partial charge in [0.05, 0.1) is 16.6 Å². The van der Waals surface area contributed by atoms with Crippen LogP contribution in [-0.4, -0.2) is 54.1 Å². The maximum absolute atomic E-state index is 13.4. The Balaban J connectivity index is 1.31. The van der Waals surface area contributed by atoms with E-state index in [0.717, 1.165) is 23.3 Å². The Morgan fingerprint density at radius 2 is 1.61 bits per heavy atom. The number of para-hydroxylation sites is 2. The average Bonchev–Trinajstić information content (AvgIpc) is 2.83.